The number of fused-ring (bicyclic) bond motifs is 6. The predicted octanol–water partition coefficient (Wildman–Crippen LogP) is 16.9. The van der Waals surface area contributed by atoms with Crippen molar-refractivity contribution in [2.24, 2.45) is 0 Å². The summed E-state index contributed by atoms with van der Waals surface area (Å²) in [5.74, 6) is 0. The molecular weight excluding hydrogens is 761 g/mol. The van der Waals surface area contributed by atoms with Gasteiger partial charge in [0.2, 0.25) is 0 Å². The molecule has 0 amide bonds. The molecule has 1 aliphatic rings. The molecule has 0 saturated carbocycles. The van der Waals surface area contributed by atoms with Crippen molar-refractivity contribution < 1.29 is 0 Å². The summed E-state index contributed by atoms with van der Waals surface area (Å²) in [7, 11) is 0. The monoisotopic (exact) mass is 810 g/mol. The first kappa shape index (κ1) is 38.5. The van der Waals surface area contributed by atoms with E-state index in [0.29, 0.717) is 0 Å². The number of nitrogens with zero attached hydrogens (tertiary/aromatic N) is 2. The van der Waals surface area contributed by atoms with Gasteiger partial charge in [0.15, 0.2) is 0 Å². The molecule has 304 valence electrons. The second-order valence-electron chi connectivity index (χ2n) is 18.6. The fourth-order valence-corrected chi connectivity index (χ4v) is 9.99. The number of hydrogen-bond donors (Lipinski definition) is 0. The van der Waals surface area contributed by atoms with Gasteiger partial charge in [0.05, 0.1) is 16.7 Å². The van der Waals surface area contributed by atoms with E-state index in [1.54, 1.807) is 0 Å². The summed E-state index contributed by atoms with van der Waals surface area (Å²) in [6.45, 7) is 11.5. The van der Waals surface area contributed by atoms with Crippen molar-refractivity contribution >= 4 is 38.9 Å². The number of rotatable bonds is 7. The molecule has 2 nitrogen and oxygen atoms in total. The number of aromatic nitrogens is 1. The van der Waals surface area contributed by atoms with Crippen LogP contribution in [0.5, 0.6) is 0 Å². The summed E-state index contributed by atoms with van der Waals surface area (Å²) in [5.41, 5.74) is 20.9. The SMILES string of the molecule is CC(C)(C)c1ccc(-c2ccc3c(c2)c2ccccc2n3-c2ccccc2-c2ccc(N(c3ccc(-c4ccccc4)cc3)c3ccc4c(c3)C(C)(C)c3ccccc3-4)cc2)cc1. The van der Waals surface area contributed by atoms with E-state index >= 15 is 0 Å². The summed E-state index contributed by atoms with van der Waals surface area (Å²) in [6, 6.07) is 78.4. The summed E-state index contributed by atoms with van der Waals surface area (Å²) in [6.07, 6.45) is 0. The second-order valence-corrected chi connectivity index (χ2v) is 18.6. The quantitative estimate of drug-likeness (QED) is 0.156. The molecule has 9 aromatic carbocycles. The van der Waals surface area contributed by atoms with E-state index < -0.39 is 0 Å². The van der Waals surface area contributed by atoms with Crippen molar-refractivity contribution in [1.29, 1.82) is 0 Å². The number of anilines is 3. The Morgan fingerprint density at radius 3 is 1.63 bits per heavy atom. The highest BCUT2D eigenvalue weighted by molar-refractivity contribution is 6.11. The Labute approximate surface area is 371 Å². The Kier molecular flexibility index (Phi) is 9.10. The summed E-state index contributed by atoms with van der Waals surface area (Å²) in [5, 5.41) is 2.50. The lowest BCUT2D eigenvalue weighted by molar-refractivity contribution is 0.590. The molecule has 1 heterocycles. The van der Waals surface area contributed by atoms with Crippen LogP contribution in [0.2, 0.25) is 0 Å². The Hall–Kier alpha value is -7.42. The maximum Gasteiger partial charge on any atom is 0.0541 e. The highest BCUT2D eigenvalue weighted by atomic mass is 15.1. The molecule has 0 aliphatic heterocycles. The Bertz CT molecular complexity index is 3310. The van der Waals surface area contributed by atoms with Gasteiger partial charge in [-0.1, -0.05) is 186 Å². The Morgan fingerprint density at radius 2 is 0.905 bits per heavy atom. The zero-order chi connectivity index (χ0) is 42.9. The summed E-state index contributed by atoms with van der Waals surface area (Å²) < 4.78 is 2.45. The molecule has 1 aliphatic carbocycles. The maximum atomic E-state index is 2.45. The third kappa shape index (κ3) is 6.57. The van der Waals surface area contributed by atoms with Gasteiger partial charge >= 0.3 is 0 Å². The second kappa shape index (κ2) is 14.9. The number of hydrogen-bond acceptors (Lipinski definition) is 1. The van der Waals surface area contributed by atoms with Crippen molar-refractivity contribution in [1.82, 2.24) is 4.57 Å². The van der Waals surface area contributed by atoms with Crippen molar-refractivity contribution in [3.05, 3.63) is 229 Å². The summed E-state index contributed by atoms with van der Waals surface area (Å²) in [4.78, 5) is 2.41. The van der Waals surface area contributed by atoms with E-state index in [-0.39, 0.29) is 10.8 Å². The van der Waals surface area contributed by atoms with Gasteiger partial charge in [0.25, 0.3) is 0 Å². The molecule has 0 bridgehead atoms. The van der Waals surface area contributed by atoms with Crippen molar-refractivity contribution in [3.8, 4) is 50.2 Å². The average Bonchev–Trinajstić information content (AvgIpc) is 3.77. The topological polar surface area (TPSA) is 8.17 Å². The first-order chi connectivity index (χ1) is 30.6. The number of para-hydroxylation sites is 2. The first-order valence-electron chi connectivity index (χ1n) is 22.2. The van der Waals surface area contributed by atoms with Crippen LogP contribution in [0.15, 0.2) is 212 Å². The van der Waals surface area contributed by atoms with Crippen LogP contribution in [-0.4, -0.2) is 4.57 Å². The minimum absolute atomic E-state index is 0.107. The van der Waals surface area contributed by atoms with Crippen LogP contribution in [0, 0.1) is 0 Å². The van der Waals surface area contributed by atoms with Crippen molar-refractivity contribution in [3.63, 3.8) is 0 Å². The van der Waals surface area contributed by atoms with Crippen LogP contribution < -0.4 is 4.90 Å². The Morgan fingerprint density at radius 1 is 0.381 bits per heavy atom. The van der Waals surface area contributed by atoms with Gasteiger partial charge in [-0.3, -0.25) is 0 Å². The molecule has 2 heteroatoms. The highest BCUT2D eigenvalue weighted by Crippen LogP contribution is 2.51. The largest absolute Gasteiger partial charge is 0.310 e. The molecule has 0 fully saturated rings. The molecule has 0 atom stereocenters. The van der Waals surface area contributed by atoms with Crippen LogP contribution in [0.4, 0.5) is 17.1 Å². The molecule has 0 radical (unpaired) electrons. The lowest BCUT2D eigenvalue weighted by Gasteiger charge is -2.28. The molecule has 1 aromatic heterocycles. The average molecular weight is 811 g/mol. The molecule has 11 rings (SSSR count). The molecule has 0 unspecified atom stereocenters. The molecule has 63 heavy (non-hydrogen) atoms. The number of benzene rings is 9. The maximum absolute atomic E-state index is 2.45. The van der Waals surface area contributed by atoms with E-state index in [1.165, 1.54) is 83.0 Å². The van der Waals surface area contributed by atoms with Gasteiger partial charge in [-0.2, -0.15) is 0 Å². The van der Waals surface area contributed by atoms with Crippen LogP contribution in [-0.2, 0) is 10.8 Å². The lowest BCUT2D eigenvalue weighted by atomic mass is 9.82. The molecule has 0 saturated heterocycles. The smallest absolute Gasteiger partial charge is 0.0541 e. The van der Waals surface area contributed by atoms with E-state index in [0.717, 1.165) is 22.7 Å². The fourth-order valence-electron chi connectivity index (χ4n) is 9.99. The molecular formula is C61H50N2. The third-order valence-electron chi connectivity index (χ3n) is 13.4. The van der Waals surface area contributed by atoms with E-state index in [9.17, 15) is 0 Å². The van der Waals surface area contributed by atoms with Crippen LogP contribution in [0.3, 0.4) is 0 Å². The fraction of sp³-hybridized carbons (Fsp3) is 0.115. The minimum atomic E-state index is -0.107. The summed E-state index contributed by atoms with van der Waals surface area (Å²) >= 11 is 0. The lowest BCUT2D eigenvalue weighted by Crippen LogP contribution is -2.16. The third-order valence-corrected chi connectivity index (χ3v) is 13.4. The predicted molar refractivity (Wildman–Crippen MR) is 268 cm³/mol. The minimum Gasteiger partial charge on any atom is -0.310 e. The van der Waals surface area contributed by atoms with E-state index in [1.807, 2.05) is 0 Å². The van der Waals surface area contributed by atoms with Crippen molar-refractivity contribution in [2.75, 3.05) is 4.90 Å². The van der Waals surface area contributed by atoms with E-state index in [2.05, 4.69) is 256 Å². The van der Waals surface area contributed by atoms with E-state index in [4.69, 9.17) is 0 Å². The van der Waals surface area contributed by atoms with Gasteiger partial charge in [-0.05, 0) is 122 Å². The first-order valence-corrected chi connectivity index (χ1v) is 22.2. The van der Waals surface area contributed by atoms with Gasteiger partial charge in [0.1, 0.15) is 0 Å². The Balaban J connectivity index is 1.00. The van der Waals surface area contributed by atoms with Gasteiger partial charge in [-0.25, -0.2) is 0 Å². The molecule has 0 spiro atoms. The van der Waals surface area contributed by atoms with Crippen molar-refractivity contribution in [2.45, 2.75) is 45.4 Å². The molecule has 0 N–H and O–H groups in total. The molecule has 10 aromatic rings. The van der Waals surface area contributed by atoms with Crippen LogP contribution >= 0.6 is 0 Å². The van der Waals surface area contributed by atoms with Gasteiger partial charge in [0, 0.05) is 38.8 Å². The highest BCUT2D eigenvalue weighted by Gasteiger charge is 2.35. The van der Waals surface area contributed by atoms with Gasteiger partial charge in [-0.15, -0.1) is 0 Å². The van der Waals surface area contributed by atoms with Crippen LogP contribution in [0.1, 0.15) is 51.3 Å². The standard InChI is InChI=1S/C61H50N2/c1-60(2,3)46-30-23-43(24-31-46)45-29-38-59-54(39-45)53-19-11-14-22-58(53)63(59)57-21-13-10-17-50(57)44-27-34-48(35-28-44)62(47-32-25-42(26-33-47)41-15-7-6-8-16-41)49-36-37-52-51-18-9-12-20-55(51)61(4,5)56(52)40-49/h6-40H,1-5H3. The normalized spacial score (nSPS) is 13.0. The zero-order valence-electron chi connectivity index (χ0n) is 36.6. The zero-order valence-corrected chi connectivity index (χ0v) is 36.6. The van der Waals surface area contributed by atoms with Gasteiger partial charge < -0.3 is 9.47 Å². The van der Waals surface area contributed by atoms with Crippen LogP contribution in [0.25, 0.3) is 72.0 Å².